The molecule has 108 valence electrons. The third-order valence-electron chi connectivity index (χ3n) is 3.31. The Hall–Kier alpha value is -2.22. The van der Waals surface area contributed by atoms with E-state index in [1.54, 1.807) is 0 Å². The quantitative estimate of drug-likeness (QED) is 0.549. The molecule has 4 N–H and O–H groups in total. The first kappa shape index (κ1) is 14.2. The summed E-state index contributed by atoms with van der Waals surface area (Å²) in [5.74, 6) is -0.423. The van der Waals surface area contributed by atoms with Crippen LogP contribution in [0.4, 0.5) is 11.5 Å². The van der Waals surface area contributed by atoms with Gasteiger partial charge in [0.15, 0.2) is 0 Å². The van der Waals surface area contributed by atoms with Crippen LogP contribution in [0, 0.1) is 10.1 Å². The lowest BCUT2D eigenvalue weighted by molar-refractivity contribution is -0.385. The second-order valence-electron chi connectivity index (χ2n) is 4.93. The van der Waals surface area contributed by atoms with Crippen molar-refractivity contribution < 1.29 is 9.72 Å². The Morgan fingerprint density at radius 1 is 1.65 bits per heavy atom. The molecule has 1 aliphatic rings. The molecule has 1 aromatic rings. The molecule has 0 aliphatic carbocycles. The van der Waals surface area contributed by atoms with E-state index in [-0.39, 0.29) is 17.3 Å². The number of carbonyl (C=O) groups excluding carboxylic acids is 1. The predicted molar refractivity (Wildman–Crippen MR) is 73.5 cm³/mol. The average molecular weight is 279 g/mol. The van der Waals surface area contributed by atoms with Gasteiger partial charge in [-0.3, -0.25) is 14.9 Å². The van der Waals surface area contributed by atoms with Crippen molar-refractivity contribution in [3.05, 3.63) is 27.9 Å². The van der Waals surface area contributed by atoms with Crippen LogP contribution in [0.2, 0.25) is 0 Å². The Morgan fingerprint density at radius 2 is 2.40 bits per heavy atom. The first-order chi connectivity index (χ1) is 9.47. The fourth-order valence-corrected chi connectivity index (χ4v) is 2.31. The fraction of sp³-hybridized carbons (Fsp3) is 0.500. The van der Waals surface area contributed by atoms with Gasteiger partial charge in [0, 0.05) is 18.2 Å². The van der Waals surface area contributed by atoms with E-state index < -0.39 is 10.8 Å². The van der Waals surface area contributed by atoms with Crippen molar-refractivity contribution in [3.8, 4) is 0 Å². The highest BCUT2D eigenvalue weighted by atomic mass is 16.6. The molecule has 1 fully saturated rings. The lowest BCUT2D eigenvalue weighted by Gasteiger charge is -2.29. The van der Waals surface area contributed by atoms with Crippen molar-refractivity contribution in [1.29, 1.82) is 0 Å². The number of nitro groups is 1. The molecule has 8 nitrogen and oxygen atoms in total. The lowest BCUT2D eigenvalue weighted by atomic mass is 10.0. The second-order valence-corrected chi connectivity index (χ2v) is 4.93. The number of hydrogen-bond acceptors (Lipinski definition) is 6. The molecule has 2 heterocycles. The Balaban J connectivity index is 2.22. The van der Waals surface area contributed by atoms with Gasteiger partial charge in [0.25, 0.3) is 11.6 Å². The summed E-state index contributed by atoms with van der Waals surface area (Å²) in [6, 6.07) is 1.69. The van der Waals surface area contributed by atoms with Crippen LogP contribution in [0.3, 0.4) is 0 Å². The van der Waals surface area contributed by atoms with E-state index in [4.69, 9.17) is 5.73 Å². The first-order valence-electron chi connectivity index (χ1n) is 6.41. The summed E-state index contributed by atoms with van der Waals surface area (Å²) in [5.41, 5.74) is 5.06. The van der Waals surface area contributed by atoms with Crippen LogP contribution in [0.15, 0.2) is 12.3 Å². The molecule has 0 saturated carbocycles. The molecule has 8 heteroatoms. The summed E-state index contributed by atoms with van der Waals surface area (Å²) in [6.45, 7) is 2.95. The molecule has 0 spiro atoms. The van der Waals surface area contributed by atoms with Crippen LogP contribution < -0.4 is 16.4 Å². The molecular formula is C12H17N5O3. The summed E-state index contributed by atoms with van der Waals surface area (Å²) in [4.78, 5) is 25.5. The predicted octanol–water partition coefficient (Wildman–Crippen LogP) is 0.641. The van der Waals surface area contributed by atoms with E-state index in [1.807, 2.05) is 0 Å². The topological polar surface area (TPSA) is 123 Å². The van der Waals surface area contributed by atoms with Crippen molar-refractivity contribution in [2.75, 3.05) is 11.9 Å². The summed E-state index contributed by atoms with van der Waals surface area (Å²) in [6.07, 6.45) is 2.90. The van der Waals surface area contributed by atoms with Gasteiger partial charge in [0.2, 0.25) is 0 Å². The Bertz CT molecular complexity index is 534. The maximum absolute atomic E-state index is 11.4. The number of nitrogens with two attached hydrogens (primary N) is 1. The monoisotopic (exact) mass is 279 g/mol. The number of primary amides is 1. The number of carbonyl (C=O) groups is 1. The number of rotatable bonds is 4. The number of piperidine rings is 1. The van der Waals surface area contributed by atoms with Gasteiger partial charge in [0.05, 0.1) is 10.5 Å². The summed E-state index contributed by atoms with van der Waals surface area (Å²) in [5, 5.41) is 17.2. The second kappa shape index (κ2) is 5.83. The zero-order valence-corrected chi connectivity index (χ0v) is 11.1. The maximum atomic E-state index is 11.4. The molecule has 0 bridgehead atoms. The normalized spacial score (nSPS) is 22.2. The van der Waals surface area contributed by atoms with E-state index in [2.05, 4.69) is 22.5 Å². The smallest absolute Gasteiger partial charge is 0.288 e. The number of amides is 1. The number of hydrogen-bond donors (Lipinski definition) is 3. The third kappa shape index (κ3) is 3.21. The standard InChI is InChI=1S/C12H17N5O3/c1-7-4-8(2-3-14-7)16-12-10(11(13)18)5-9(6-15-12)17(19)20/h5-8,14H,2-4H2,1H3,(H2,13,18)(H,15,16). The molecule has 1 saturated heterocycles. The van der Waals surface area contributed by atoms with E-state index in [0.29, 0.717) is 11.9 Å². The van der Waals surface area contributed by atoms with Crippen LogP contribution in [-0.4, -0.2) is 34.4 Å². The SMILES string of the molecule is CC1CC(Nc2ncc([N+](=O)[O-])cc2C(N)=O)CCN1. The lowest BCUT2D eigenvalue weighted by Crippen LogP contribution is -2.41. The van der Waals surface area contributed by atoms with Gasteiger partial charge in [-0.1, -0.05) is 0 Å². The van der Waals surface area contributed by atoms with E-state index in [9.17, 15) is 14.9 Å². The number of nitrogens with zero attached hydrogens (tertiary/aromatic N) is 2. The first-order valence-corrected chi connectivity index (χ1v) is 6.41. The van der Waals surface area contributed by atoms with Crippen molar-refractivity contribution in [1.82, 2.24) is 10.3 Å². The van der Waals surface area contributed by atoms with Crippen molar-refractivity contribution >= 4 is 17.4 Å². The molecule has 2 unspecified atom stereocenters. The van der Waals surface area contributed by atoms with Gasteiger partial charge in [-0.25, -0.2) is 4.98 Å². The molecule has 1 aliphatic heterocycles. The van der Waals surface area contributed by atoms with Crippen LogP contribution in [0.5, 0.6) is 0 Å². The summed E-state index contributed by atoms with van der Waals surface area (Å²) < 4.78 is 0. The minimum atomic E-state index is -0.731. The molecular weight excluding hydrogens is 262 g/mol. The summed E-state index contributed by atoms with van der Waals surface area (Å²) >= 11 is 0. The highest BCUT2D eigenvalue weighted by Crippen LogP contribution is 2.21. The van der Waals surface area contributed by atoms with E-state index in [0.717, 1.165) is 31.6 Å². The number of anilines is 1. The minimum absolute atomic E-state index is 0.0467. The third-order valence-corrected chi connectivity index (χ3v) is 3.31. The Kier molecular flexibility index (Phi) is 4.14. The molecule has 2 rings (SSSR count). The zero-order valence-electron chi connectivity index (χ0n) is 11.1. The molecule has 1 aromatic heterocycles. The molecule has 2 atom stereocenters. The van der Waals surface area contributed by atoms with Crippen LogP contribution in [0.25, 0.3) is 0 Å². The van der Waals surface area contributed by atoms with Gasteiger partial charge in [-0.15, -0.1) is 0 Å². The minimum Gasteiger partial charge on any atom is -0.367 e. The Morgan fingerprint density at radius 3 is 3.00 bits per heavy atom. The molecule has 0 aromatic carbocycles. The van der Waals surface area contributed by atoms with Gasteiger partial charge in [0.1, 0.15) is 12.0 Å². The highest BCUT2D eigenvalue weighted by Gasteiger charge is 2.22. The van der Waals surface area contributed by atoms with Crippen LogP contribution in [0.1, 0.15) is 30.1 Å². The Labute approximate surface area is 115 Å². The summed E-state index contributed by atoms with van der Waals surface area (Å²) in [7, 11) is 0. The zero-order chi connectivity index (χ0) is 14.7. The van der Waals surface area contributed by atoms with Gasteiger partial charge in [-0.05, 0) is 26.3 Å². The van der Waals surface area contributed by atoms with Crippen LogP contribution in [-0.2, 0) is 0 Å². The number of pyridine rings is 1. The van der Waals surface area contributed by atoms with Gasteiger partial charge < -0.3 is 16.4 Å². The number of aromatic nitrogens is 1. The van der Waals surface area contributed by atoms with Crippen molar-refractivity contribution in [2.45, 2.75) is 31.8 Å². The van der Waals surface area contributed by atoms with Crippen molar-refractivity contribution in [2.24, 2.45) is 5.73 Å². The van der Waals surface area contributed by atoms with Gasteiger partial charge in [-0.2, -0.15) is 0 Å². The van der Waals surface area contributed by atoms with E-state index in [1.165, 1.54) is 0 Å². The van der Waals surface area contributed by atoms with Crippen LogP contribution >= 0.6 is 0 Å². The van der Waals surface area contributed by atoms with Gasteiger partial charge >= 0.3 is 0 Å². The maximum Gasteiger partial charge on any atom is 0.288 e. The van der Waals surface area contributed by atoms with Crippen molar-refractivity contribution in [3.63, 3.8) is 0 Å². The average Bonchev–Trinajstić information content (AvgIpc) is 2.38. The molecule has 20 heavy (non-hydrogen) atoms. The molecule has 0 radical (unpaired) electrons. The highest BCUT2D eigenvalue weighted by molar-refractivity contribution is 5.98. The molecule has 1 amide bonds. The van der Waals surface area contributed by atoms with E-state index >= 15 is 0 Å². The number of nitrogens with one attached hydrogen (secondary N) is 2. The largest absolute Gasteiger partial charge is 0.367 e. The fourth-order valence-electron chi connectivity index (χ4n) is 2.31.